The van der Waals surface area contributed by atoms with Crippen LogP contribution in [0.3, 0.4) is 0 Å². The van der Waals surface area contributed by atoms with Crippen molar-refractivity contribution in [2.24, 2.45) is 0 Å². The smallest absolute Gasteiger partial charge is 0.223 e. The van der Waals surface area contributed by atoms with Gasteiger partial charge in [-0.05, 0) is 19.3 Å². The number of nitrogens with zero attached hydrogens (tertiary/aromatic N) is 8. The number of ether oxygens (including phenoxy) is 6. The topological polar surface area (TPSA) is 215 Å². The van der Waals surface area contributed by atoms with E-state index >= 15 is 0 Å². The summed E-state index contributed by atoms with van der Waals surface area (Å²) in [5.74, 6) is 0.223. The summed E-state index contributed by atoms with van der Waals surface area (Å²) >= 11 is 11.9. The van der Waals surface area contributed by atoms with Crippen molar-refractivity contribution >= 4 is 57.4 Å². The van der Waals surface area contributed by atoms with Gasteiger partial charge in [-0.2, -0.15) is 19.9 Å². The van der Waals surface area contributed by atoms with E-state index < -0.39 is 6.29 Å². The third-order valence-electron chi connectivity index (χ3n) is 6.61. The molecule has 7 rings (SSSR count). The molecule has 264 valence electrons. The van der Waals surface area contributed by atoms with Crippen molar-refractivity contribution in [2.75, 3.05) is 31.3 Å². The second kappa shape index (κ2) is 20.8. The van der Waals surface area contributed by atoms with Gasteiger partial charge in [-0.25, -0.2) is 9.97 Å². The molecule has 4 aromatic heterocycles. The first kappa shape index (κ1) is 45.0. The molecule has 0 spiro atoms. The molecule has 0 bridgehead atoms. The number of anilines is 2. The fourth-order valence-electron chi connectivity index (χ4n) is 4.48. The largest absolute Gasteiger partial charge is 0.368 e. The average molecular weight is 968 g/mol. The number of hydrogen-bond donors (Lipinski definition) is 3. The average Bonchev–Trinajstić information content (AvgIpc) is 3.83. The number of nitrogens with two attached hydrogens (primary N) is 2. The molecule has 6 atom stereocenters. The van der Waals surface area contributed by atoms with Gasteiger partial charge in [-0.15, -0.1) is 0 Å². The van der Waals surface area contributed by atoms with E-state index in [0.717, 1.165) is 19.3 Å². The molecule has 0 aliphatic carbocycles. The molecule has 0 aromatic carbocycles. The van der Waals surface area contributed by atoms with Crippen molar-refractivity contribution in [1.82, 2.24) is 39.0 Å². The first-order chi connectivity index (χ1) is 21.2. The maximum absolute atomic E-state index is 8.68. The zero-order chi connectivity index (χ0) is 31.4. The molecule has 5 N–H and O–H groups in total. The van der Waals surface area contributed by atoms with Gasteiger partial charge >= 0.3 is 0 Å². The van der Waals surface area contributed by atoms with Crippen molar-refractivity contribution in [3.63, 3.8) is 0 Å². The van der Waals surface area contributed by atoms with Crippen LogP contribution in [-0.4, -0.2) is 89.1 Å². The number of aliphatic hydroxyl groups is 1. The maximum Gasteiger partial charge on any atom is 0.223 e. The summed E-state index contributed by atoms with van der Waals surface area (Å²) in [5.41, 5.74) is 13.3. The molecule has 3 saturated heterocycles. The molecule has 0 saturated carbocycles. The zero-order valence-corrected chi connectivity index (χ0v) is 32.9. The Labute approximate surface area is 336 Å². The molecular weight excluding hydrogens is 925 g/mol. The molecule has 21 heteroatoms. The molecular formula is C27H42AcCl2N10O7V. The van der Waals surface area contributed by atoms with Crippen LogP contribution in [0.5, 0.6) is 0 Å². The number of aromatic nitrogens is 8. The van der Waals surface area contributed by atoms with Gasteiger partial charge in [0, 0.05) is 62.6 Å². The van der Waals surface area contributed by atoms with Crippen LogP contribution in [0.1, 0.15) is 67.3 Å². The third kappa shape index (κ3) is 10.8. The summed E-state index contributed by atoms with van der Waals surface area (Å²) in [6.45, 7) is 7.16. The van der Waals surface area contributed by atoms with E-state index in [9.17, 15) is 0 Å². The second-order valence-electron chi connectivity index (χ2n) is 9.68. The molecule has 17 nitrogen and oxygen atoms in total. The van der Waals surface area contributed by atoms with Gasteiger partial charge in [-0.3, -0.25) is 9.13 Å². The molecule has 1 unspecified atom stereocenters. The number of rotatable bonds is 5. The summed E-state index contributed by atoms with van der Waals surface area (Å²) < 4.78 is 35.6. The van der Waals surface area contributed by atoms with Crippen molar-refractivity contribution in [1.29, 1.82) is 0 Å². The number of nitrogen functional groups attached to an aromatic ring is 2. The number of imidazole rings is 2. The molecule has 3 aliphatic rings. The number of aliphatic hydroxyl groups excluding tert-OH is 1. The van der Waals surface area contributed by atoms with E-state index in [1.807, 2.05) is 20.8 Å². The van der Waals surface area contributed by atoms with Crippen molar-refractivity contribution in [3.05, 3.63) is 23.0 Å². The van der Waals surface area contributed by atoms with Crippen LogP contribution in [0, 0.1) is 44.1 Å². The SMILES string of the molecule is C.C.CC[C@@H]1OCC(O)O1.CC[C@@H]1OC[C@@H](n2cnc3c(Cl)nc(N)nc32)O1.CC[C@@H]1OC[C@H](n2cnc3c(Cl)nc(N)nc32)O1.[Ac].[V]. The number of halogens is 2. The zero-order valence-electron chi connectivity index (χ0n) is 25.3. The maximum atomic E-state index is 8.68. The minimum atomic E-state index is -0.694. The predicted molar refractivity (Wildman–Crippen MR) is 170 cm³/mol. The molecule has 48 heavy (non-hydrogen) atoms. The fraction of sp³-hybridized carbons (Fsp3) is 0.630. The van der Waals surface area contributed by atoms with E-state index in [0.29, 0.717) is 42.1 Å². The quantitative estimate of drug-likeness (QED) is 0.241. The predicted octanol–water partition coefficient (Wildman–Crippen LogP) is 4.04. The number of fused-ring (bicyclic) bond motifs is 2. The van der Waals surface area contributed by atoms with E-state index in [4.69, 9.17) is 68.2 Å². The monoisotopic (exact) mass is 966 g/mol. The summed E-state index contributed by atoms with van der Waals surface area (Å²) in [5, 5.41) is 9.16. The number of hydrogen-bond acceptors (Lipinski definition) is 15. The fourth-order valence-corrected chi connectivity index (χ4v) is 4.92. The summed E-state index contributed by atoms with van der Waals surface area (Å²) in [6, 6.07) is 0. The second-order valence-corrected chi connectivity index (χ2v) is 10.4. The van der Waals surface area contributed by atoms with E-state index in [2.05, 4.69) is 29.9 Å². The Hall–Kier alpha value is -0.974. The van der Waals surface area contributed by atoms with Gasteiger partial charge in [-0.1, -0.05) is 58.8 Å². The van der Waals surface area contributed by atoms with E-state index in [-0.39, 0.29) is 131 Å². The van der Waals surface area contributed by atoms with Gasteiger partial charge in [0.1, 0.15) is 17.6 Å². The summed E-state index contributed by atoms with van der Waals surface area (Å²) in [6.07, 6.45) is 3.83. The standard InChI is InChI=1S/2C10H12ClN5O2.C5H10O3.2CH4.Ac.V/c2*1-2-6-17-3-5(18-6)16-4-13-7-8(11)14-10(12)15-9(7)16;1-2-5-7-3-4(6)8-5;;;;/h2*4-6H,2-3H2,1H3,(H2,12,14,15);4-6H,2-3H2,1H3;2*1H4;;/t5-,6+;5-,6-;4?,5-;;;;/m011..../s1. The van der Waals surface area contributed by atoms with Crippen molar-refractivity contribution in [2.45, 2.75) is 92.5 Å². The molecule has 3 aliphatic heterocycles. The Morgan fingerprint density at radius 2 is 1.08 bits per heavy atom. The van der Waals surface area contributed by atoms with Crippen LogP contribution in [-0.2, 0) is 47.0 Å². The van der Waals surface area contributed by atoms with Crippen LogP contribution < -0.4 is 11.5 Å². The Kier molecular flexibility index (Phi) is 19.5. The summed E-state index contributed by atoms with van der Waals surface area (Å²) in [7, 11) is 0. The van der Waals surface area contributed by atoms with Crippen molar-refractivity contribution < 1.29 is 96.1 Å². The molecule has 7 heterocycles. The minimum Gasteiger partial charge on any atom is -0.368 e. The first-order valence-electron chi connectivity index (χ1n) is 14.0. The van der Waals surface area contributed by atoms with E-state index in [1.165, 1.54) is 0 Å². The van der Waals surface area contributed by atoms with Gasteiger partial charge < -0.3 is 45.0 Å². The van der Waals surface area contributed by atoms with Gasteiger partial charge in [0.15, 0.2) is 59.2 Å². The summed E-state index contributed by atoms with van der Waals surface area (Å²) in [4.78, 5) is 24.3. The molecule has 0 amide bonds. The van der Waals surface area contributed by atoms with Crippen LogP contribution in [0.2, 0.25) is 10.3 Å². The van der Waals surface area contributed by atoms with E-state index in [1.54, 1.807) is 21.8 Å². The third-order valence-corrected chi connectivity index (χ3v) is 7.14. The molecule has 3 fully saturated rings. The van der Waals surface area contributed by atoms with Crippen LogP contribution in [0.25, 0.3) is 22.3 Å². The van der Waals surface area contributed by atoms with Crippen molar-refractivity contribution in [3.8, 4) is 0 Å². The minimum absolute atomic E-state index is 0. The van der Waals surface area contributed by atoms with Crippen LogP contribution >= 0.6 is 23.2 Å². The van der Waals surface area contributed by atoms with Crippen LogP contribution in [0.15, 0.2) is 12.7 Å². The van der Waals surface area contributed by atoms with Gasteiger partial charge in [0.05, 0.1) is 25.9 Å². The van der Waals surface area contributed by atoms with Gasteiger partial charge in [0.2, 0.25) is 11.9 Å². The first-order valence-corrected chi connectivity index (χ1v) is 14.8. The Balaban J connectivity index is 0.000000368. The normalized spacial score (nSPS) is 24.3. The molecule has 4 aromatic rings. The van der Waals surface area contributed by atoms with Crippen LogP contribution in [0.4, 0.5) is 11.9 Å². The Morgan fingerprint density at radius 1 is 0.708 bits per heavy atom. The Morgan fingerprint density at radius 3 is 1.40 bits per heavy atom. The Bertz CT molecular complexity index is 1470. The van der Waals surface area contributed by atoms with Gasteiger partial charge in [0.25, 0.3) is 0 Å². The molecule has 2 radical (unpaired) electrons.